The van der Waals surface area contributed by atoms with Gasteiger partial charge in [0.1, 0.15) is 18.3 Å². The number of nitrogens with one attached hydrogen (secondary N) is 1. The molecule has 2 aromatic heterocycles. The number of nitrogens with zero attached hydrogens (tertiary/aromatic N) is 5. The van der Waals surface area contributed by atoms with Gasteiger partial charge >= 0.3 is 0 Å². The summed E-state index contributed by atoms with van der Waals surface area (Å²) in [6.07, 6.45) is 6.29. The molecule has 0 saturated heterocycles. The Bertz CT molecular complexity index is 838. The molecule has 1 atom stereocenters. The monoisotopic (exact) mass is 326 g/mol. The van der Waals surface area contributed by atoms with E-state index in [1.807, 2.05) is 6.07 Å². The average molecular weight is 326 g/mol. The van der Waals surface area contributed by atoms with Crippen molar-refractivity contribution in [2.24, 2.45) is 7.05 Å². The van der Waals surface area contributed by atoms with Crippen LogP contribution < -0.4 is 5.32 Å². The molecule has 24 heavy (non-hydrogen) atoms. The highest BCUT2D eigenvalue weighted by atomic mass is 16.3. The first-order chi connectivity index (χ1) is 11.5. The van der Waals surface area contributed by atoms with Crippen molar-refractivity contribution in [1.82, 2.24) is 29.9 Å². The average Bonchev–Trinajstić information content (AvgIpc) is 3.24. The Morgan fingerprint density at radius 2 is 2.21 bits per heavy atom. The first kappa shape index (κ1) is 15.9. The maximum atomic E-state index is 12.4. The smallest absolute Gasteiger partial charge is 0.251 e. The van der Waals surface area contributed by atoms with Gasteiger partial charge in [-0.2, -0.15) is 10.2 Å². The molecule has 1 unspecified atom stereocenters. The van der Waals surface area contributed by atoms with Crippen molar-refractivity contribution in [1.29, 1.82) is 0 Å². The van der Waals surface area contributed by atoms with Crippen LogP contribution in [0.4, 0.5) is 0 Å². The fourth-order valence-corrected chi connectivity index (χ4v) is 2.29. The van der Waals surface area contributed by atoms with Gasteiger partial charge in [-0.25, -0.2) is 9.67 Å². The van der Waals surface area contributed by atoms with Crippen LogP contribution in [-0.4, -0.2) is 42.1 Å². The molecule has 2 N–H and O–H groups in total. The van der Waals surface area contributed by atoms with E-state index in [0.717, 1.165) is 5.69 Å². The zero-order chi connectivity index (χ0) is 17.2. The molecule has 124 valence electrons. The molecule has 0 spiro atoms. The number of aromatic nitrogens is 5. The van der Waals surface area contributed by atoms with Crippen molar-refractivity contribution >= 4 is 5.91 Å². The van der Waals surface area contributed by atoms with Crippen LogP contribution in [0.3, 0.4) is 0 Å². The van der Waals surface area contributed by atoms with Crippen LogP contribution in [0.25, 0.3) is 5.69 Å². The molecule has 3 rings (SSSR count). The fourth-order valence-electron chi connectivity index (χ4n) is 2.29. The summed E-state index contributed by atoms with van der Waals surface area (Å²) in [6, 6.07) is 7.01. The number of carbonyl (C=O) groups excluding carboxylic acids is 1. The Hall–Kier alpha value is -3.00. The lowest BCUT2D eigenvalue weighted by Crippen LogP contribution is -2.38. The van der Waals surface area contributed by atoms with E-state index in [9.17, 15) is 9.90 Å². The lowest BCUT2D eigenvalue weighted by molar-refractivity contribution is 0.0526. The molecular formula is C16H18N6O2. The third-order valence-corrected chi connectivity index (χ3v) is 3.71. The highest BCUT2D eigenvalue weighted by Gasteiger charge is 2.25. The molecule has 2 heterocycles. The lowest BCUT2D eigenvalue weighted by Gasteiger charge is -2.22. The molecular weight excluding hydrogens is 308 g/mol. The van der Waals surface area contributed by atoms with Crippen molar-refractivity contribution < 1.29 is 9.90 Å². The van der Waals surface area contributed by atoms with Gasteiger partial charge in [-0.3, -0.25) is 9.48 Å². The zero-order valence-corrected chi connectivity index (χ0v) is 13.4. The van der Waals surface area contributed by atoms with E-state index >= 15 is 0 Å². The van der Waals surface area contributed by atoms with Gasteiger partial charge in [0.2, 0.25) is 0 Å². The van der Waals surface area contributed by atoms with Crippen molar-refractivity contribution in [2.45, 2.75) is 12.5 Å². The minimum Gasteiger partial charge on any atom is -0.383 e. The highest BCUT2D eigenvalue weighted by molar-refractivity contribution is 5.94. The van der Waals surface area contributed by atoms with Crippen LogP contribution >= 0.6 is 0 Å². The second-order valence-corrected chi connectivity index (χ2v) is 5.75. The summed E-state index contributed by atoms with van der Waals surface area (Å²) in [5.41, 5.74) is 0.652. The fraction of sp³-hybridized carbons (Fsp3) is 0.250. The maximum absolute atomic E-state index is 12.4. The van der Waals surface area contributed by atoms with Crippen LogP contribution in [0.2, 0.25) is 0 Å². The molecule has 0 aliphatic carbocycles. The predicted molar refractivity (Wildman–Crippen MR) is 86.5 cm³/mol. The molecule has 0 saturated carbocycles. The van der Waals surface area contributed by atoms with E-state index in [4.69, 9.17) is 0 Å². The van der Waals surface area contributed by atoms with E-state index in [-0.39, 0.29) is 12.5 Å². The van der Waals surface area contributed by atoms with Crippen LogP contribution in [0.15, 0.2) is 49.3 Å². The molecule has 8 heteroatoms. The van der Waals surface area contributed by atoms with Gasteiger partial charge in [-0.05, 0) is 25.1 Å². The number of aliphatic hydroxyl groups is 1. The summed E-state index contributed by atoms with van der Waals surface area (Å²) in [7, 11) is 1.77. The van der Waals surface area contributed by atoms with Gasteiger partial charge < -0.3 is 10.4 Å². The topological polar surface area (TPSA) is 97.9 Å². The van der Waals surface area contributed by atoms with E-state index < -0.39 is 5.60 Å². The molecule has 1 aromatic carbocycles. The number of rotatable bonds is 5. The van der Waals surface area contributed by atoms with E-state index in [1.54, 1.807) is 60.3 Å². The predicted octanol–water partition coefficient (Wildman–Crippen LogP) is 0.638. The molecule has 0 aliphatic rings. The number of hydrogen-bond acceptors (Lipinski definition) is 5. The maximum Gasteiger partial charge on any atom is 0.251 e. The molecule has 0 bridgehead atoms. The Morgan fingerprint density at radius 1 is 1.38 bits per heavy atom. The van der Waals surface area contributed by atoms with Crippen LogP contribution in [0.5, 0.6) is 0 Å². The largest absolute Gasteiger partial charge is 0.383 e. The third-order valence-electron chi connectivity index (χ3n) is 3.71. The Kier molecular flexibility index (Phi) is 4.13. The lowest BCUT2D eigenvalue weighted by atomic mass is 9.99. The van der Waals surface area contributed by atoms with Crippen molar-refractivity contribution in [3.8, 4) is 5.69 Å². The third kappa shape index (κ3) is 3.33. The number of hydrogen-bond donors (Lipinski definition) is 2. The van der Waals surface area contributed by atoms with Crippen LogP contribution in [-0.2, 0) is 12.6 Å². The summed E-state index contributed by atoms with van der Waals surface area (Å²) in [4.78, 5) is 16.2. The van der Waals surface area contributed by atoms with Gasteiger partial charge in [-0.1, -0.05) is 6.07 Å². The minimum absolute atomic E-state index is 0.0745. The van der Waals surface area contributed by atoms with E-state index in [1.165, 1.54) is 6.33 Å². The van der Waals surface area contributed by atoms with Crippen molar-refractivity contribution in [3.63, 3.8) is 0 Å². The van der Waals surface area contributed by atoms with Gasteiger partial charge in [-0.15, -0.1) is 0 Å². The normalized spacial score (nSPS) is 13.5. The number of amides is 1. The Balaban J connectivity index is 1.70. The van der Waals surface area contributed by atoms with Gasteiger partial charge in [0.05, 0.1) is 18.4 Å². The summed E-state index contributed by atoms with van der Waals surface area (Å²) in [6.45, 7) is 1.71. The van der Waals surface area contributed by atoms with E-state index in [2.05, 4.69) is 20.5 Å². The Morgan fingerprint density at radius 3 is 2.88 bits per heavy atom. The molecule has 0 aliphatic heterocycles. The van der Waals surface area contributed by atoms with Crippen molar-refractivity contribution in [3.05, 3.63) is 60.4 Å². The number of benzene rings is 1. The van der Waals surface area contributed by atoms with Crippen LogP contribution in [0.1, 0.15) is 22.8 Å². The molecule has 3 aromatic rings. The first-order valence-electron chi connectivity index (χ1n) is 7.40. The Labute approximate surface area is 138 Å². The highest BCUT2D eigenvalue weighted by Crippen LogP contribution is 2.18. The molecule has 0 radical (unpaired) electrons. The standard InChI is InChI=1S/C16H18N6O2/c1-16(24,13-7-19-21(2)8-13)9-18-15(23)12-4-3-5-14(6-12)22-11-17-10-20-22/h3-8,10-11,24H,9H2,1-2H3,(H,18,23). The SMILES string of the molecule is Cn1cc(C(C)(O)CNC(=O)c2cccc(-n3cncn3)c2)cn1. The van der Waals surface area contributed by atoms with E-state index in [0.29, 0.717) is 11.1 Å². The van der Waals surface area contributed by atoms with Gasteiger partial charge in [0, 0.05) is 24.4 Å². The molecule has 1 amide bonds. The summed E-state index contributed by atoms with van der Waals surface area (Å²) in [5, 5.41) is 21.3. The second kappa shape index (κ2) is 6.25. The van der Waals surface area contributed by atoms with Crippen molar-refractivity contribution in [2.75, 3.05) is 6.54 Å². The molecule has 0 fully saturated rings. The zero-order valence-electron chi connectivity index (χ0n) is 13.4. The summed E-state index contributed by atoms with van der Waals surface area (Å²) >= 11 is 0. The number of carbonyl (C=O) groups is 1. The van der Waals surface area contributed by atoms with Crippen LogP contribution in [0, 0.1) is 0 Å². The minimum atomic E-state index is -1.20. The van der Waals surface area contributed by atoms with Gasteiger partial charge in [0.15, 0.2) is 0 Å². The first-order valence-corrected chi connectivity index (χ1v) is 7.40. The number of aryl methyl sites for hydroxylation is 1. The second-order valence-electron chi connectivity index (χ2n) is 5.75. The molecule has 8 nitrogen and oxygen atoms in total. The summed E-state index contributed by atoms with van der Waals surface area (Å²) in [5.74, 6) is -0.277. The van der Waals surface area contributed by atoms with Gasteiger partial charge in [0.25, 0.3) is 5.91 Å². The quantitative estimate of drug-likeness (QED) is 0.717. The summed E-state index contributed by atoms with van der Waals surface area (Å²) < 4.78 is 3.18.